The second-order valence-electron chi connectivity index (χ2n) is 3.86. The highest BCUT2D eigenvalue weighted by Crippen LogP contribution is 2.15. The van der Waals surface area contributed by atoms with Gasteiger partial charge in [0.25, 0.3) is 0 Å². The smallest absolute Gasteiger partial charge is 0.120 e. The second kappa shape index (κ2) is 5.84. The number of para-hydroxylation sites is 1. The minimum atomic E-state index is 0.342. The summed E-state index contributed by atoms with van der Waals surface area (Å²) in [6.07, 6.45) is 0. The summed E-state index contributed by atoms with van der Waals surface area (Å²) in [5.41, 5.74) is 2.14. The van der Waals surface area contributed by atoms with Crippen LogP contribution in [0.25, 0.3) is 0 Å². The Bertz CT molecular complexity index is 499. The fourth-order valence-electron chi connectivity index (χ4n) is 1.65. The minimum absolute atomic E-state index is 0.342. The largest absolute Gasteiger partial charge is 0.508 e. The van der Waals surface area contributed by atoms with Gasteiger partial charge in [0, 0.05) is 23.1 Å². The Morgan fingerprint density at radius 2 is 1.82 bits per heavy atom. The van der Waals surface area contributed by atoms with E-state index in [-0.39, 0.29) is 0 Å². The van der Waals surface area contributed by atoms with E-state index in [9.17, 15) is 5.11 Å². The topological polar surface area (TPSA) is 32.3 Å². The third-order valence-corrected chi connectivity index (χ3v) is 3.02. The monoisotopic (exact) mass is 291 g/mol. The average Bonchev–Trinajstić information content (AvgIpc) is 2.32. The first-order valence-corrected chi connectivity index (χ1v) is 6.27. The van der Waals surface area contributed by atoms with E-state index in [0.717, 1.165) is 16.6 Å². The zero-order valence-corrected chi connectivity index (χ0v) is 10.9. The first-order chi connectivity index (χ1) is 8.25. The molecular weight excluding hydrogens is 278 g/mol. The van der Waals surface area contributed by atoms with Gasteiger partial charge in [0.2, 0.25) is 0 Å². The SMILES string of the molecule is Oc1ccccc1CNCc1cccc(Br)c1. The number of phenolic OH excluding ortho intramolecular Hbond substituents is 1. The number of phenols is 1. The van der Waals surface area contributed by atoms with Crippen molar-refractivity contribution in [2.75, 3.05) is 0 Å². The maximum absolute atomic E-state index is 9.60. The summed E-state index contributed by atoms with van der Waals surface area (Å²) in [5.74, 6) is 0.342. The van der Waals surface area contributed by atoms with Crippen LogP contribution in [0.5, 0.6) is 5.75 Å². The normalized spacial score (nSPS) is 10.4. The van der Waals surface area contributed by atoms with Gasteiger partial charge in [-0.15, -0.1) is 0 Å². The number of rotatable bonds is 4. The lowest BCUT2D eigenvalue weighted by molar-refractivity contribution is 0.464. The van der Waals surface area contributed by atoms with Gasteiger partial charge in [0.1, 0.15) is 5.75 Å². The van der Waals surface area contributed by atoms with Crippen molar-refractivity contribution in [1.82, 2.24) is 5.32 Å². The standard InChI is InChI=1S/C14H14BrNO/c15-13-6-3-4-11(8-13)9-16-10-12-5-1-2-7-14(12)17/h1-8,16-17H,9-10H2. The average molecular weight is 292 g/mol. The zero-order valence-electron chi connectivity index (χ0n) is 9.36. The Balaban J connectivity index is 1.90. The van der Waals surface area contributed by atoms with Crippen LogP contribution in [0.4, 0.5) is 0 Å². The summed E-state index contributed by atoms with van der Waals surface area (Å²) in [6, 6.07) is 15.6. The van der Waals surface area contributed by atoms with Gasteiger partial charge in [-0.1, -0.05) is 46.3 Å². The Morgan fingerprint density at radius 1 is 1.00 bits per heavy atom. The Morgan fingerprint density at radius 3 is 2.59 bits per heavy atom. The van der Waals surface area contributed by atoms with Gasteiger partial charge in [-0.2, -0.15) is 0 Å². The molecule has 0 aliphatic rings. The lowest BCUT2D eigenvalue weighted by atomic mass is 10.2. The van der Waals surface area contributed by atoms with Gasteiger partial charge in [0.05, 0.1) is 0 Å². The van der Waals surface area contributed by atoms with Crippen molar-refractivity contribution in [2.24, 2.45) is 0 Å². The fraction of sp³-hybridized carbons (Fsp3) is 0.143. The van der Waals surface area contributed by atoms with E-state index >= 15 is 0 Å². The third-order valence-electron chi connectivity index (χ3n) is 2.53. The third kappa shape index (κ3) is 3.58. The summed E-state index contributed by atoms with van der Waals surface area (Å²) in [6.45, 7) is 1.45. The highest BCUT2D eigenvalue weighted by atomic mass is 79.9. The molecule has 0 unspecified atom stereocenters. The summed E-state index contributed by atoms with van der Waals surface area (Å²) < 4.78 is 1.08. The van der Waals surface area contributed by atoms with Gasteiger partial charge >= 0.3 is 0 Å². The predicted octanol–water partition coefficient (Wildman–Crippen LogP) is 3.44. The first-order valence-electron chi connectivity index (χ1n) is 5.48. The van der Waals surface area contributed by atoms with Crippen molar-refractivity contribution < 1.29 is 5.11 Å². The molecule has 2 rings (SSSR count). The maximum atomic E-state index is 9.60. The maximum Gasteiger partial charge on any atom is 0.120 e. The van der Waals surface area contributed by atoms with Crippen molar-refractivity contribution in [3.8, 4) is 5.75 Å². The molecule has 0 fully saturated rings. The van der Waals surface area contributed by atoms with Gasteiger partial charge in [-0.3, -0.25) is 0 Å². The van der Waals surface area contributed by atoms with E-state index < -0.39 is 0 Å². The number of hydrogen-bond acceptors (Lipinski definition) is 2. The lowest BCUT2D eigenvalue weighted by Gasteiger charge is -2.07. The van der Waals surface area contributed by atoms with Crippen LogP contribution in [-0.4, -0.2) is 5.11 Å². The number of nitrogens with one attached hydrogen (secondary N) is 1. The highest BCUT2D eigenvalue weighted by Gasteiger charge is 1.99. The van der Waals surface area contributed by atoms with Crippen LogP contribution in [-0.2, 0) is 13.1 Å². The van der Waals surface area contributed by atoms with E-state index in [1.807, 2.05) is 30.3 Å². The molecule has 0 spiro atoms. The van der Waals surface area contributed by atoms with Crippen LogP contribution in [0.1, 0.15) is 11.1 Å². The van der Waals surface area contributed by atoms with Crippen LogP contribution in [0.15, 0.2) is 53.0 Å². The summed E-state index contributed by atoms with van der Waals surface area (Å²) >= 11 is 3.44. The molecule has 0 bridgehead atoms. The molecule has 2 N–H and O–H groups in total. The molecule has 0 amide bonds. The molecular formula is C14H14BrNO. The fourth-order valence-corrected chi connectivity index (χ4v) is 2.10. The molecule has 0 aromatic heterocycles. The quantitative estimate of drug-likeness (QED) is 0.904. The molecule has 0 atom stereocenters. The molecule has 0 radical (unpaired) electrons. The number of halogens is 1. The van der Waals surface area contributed by atoms with Crippen molar-refractivity contribution >= 4 is 15.9 Å². The molecule has 0 saturated carbocycles. The number of aromatic hydroxyl groups is 1. The Kier molecular flexibility index (Phi) is 4.18. The van der Waals surface area contributed by atoms with Gasteiger partial charge in [0.15, 0.2) is 0 Å². The van der Waals surface area contributed by atoms with Gasteiger partial charge < -0.3 is 10.4 Å². The molecule has 0 aliphatic carbocycles. The molecule has 2 aromatic rings. The molecule has 2 aromatic carbocycles. The van der Waals surface area contributed by atoms with E-state index in [0.29, 0.717) is 12.3 Å². The molecule has 17 heavy (non-hydrogen) atoms. The highest BCUT2D eigenvalue weighted by molar-refractivity contribution is 9.10. The van der Waals surface area contributed by atoms with Crippen LogP contribution in [0.2, 0.25) is 0 Å². The van der Waals surface area contributed by atoms with Crippen molar-refractivity contribution in [1.29, 1.82) is 0 Å². The summed E-state index contributed by atoms with van der Waals surface area (Å²) in [5, 5.41) is 12.9. The minimum Gasteiger partial charge on any atom is -0.508 e. The molecule has 88 valence electrons. The van der Waals surface area contributed by atoms with Crippen LogP contribution >= 0.6 is 15.9 Å². The van der Waals surface area contributed by atoms with Crippen molar-refractivity contribution in [3.63, 3.8) is 0 Å². The second-order valence-corrected chi connectivity index (χ2v) is 4.78. The van der Waals surface area contributed by atoms with Crippen molar-refractivity contribution in [3.05, 3.63) is 64.1 Å². The first kappa shape index (κ1) is 12.1. The zero-order chi connectivity index (χ0) is 12.1. The number of hydrogen-bond donors (Lipinski definition) is 2. The van der Waals surface area contributed by atoms with E-state index in [1.165, 1.54) is 5.56 Å². The van der Waals surface area contributed by atoms with E-state index in [2.05, 4.69) is 33.4 Å². The molecule has 3 heteroatoms. The molecule has 0 saturated heterocycles. The van der Waals surface area contributed by atoms with Crippen LogP contribution < -0.4 is 5.32 Å². The van der Waals surface area contributed by atoms with E-state index in [1.54, 1.807) is 6.07 Å². The Labute approximate surface area is 109 Å². The van der Waals surface area contributed by atoms with Gasteiger partial charge in [-0.05, 0) is 23.8 Å². The number of benzene rings is 2. The lowest BCUT2D eigenvalue weighted by Crippen LogP contribution is -2.12. The van der Waals surface area contributed by atoms with Crippen molar-refractivity contribution in [2.45, 2.75) is 13.1 Å². The van der Waals surface area contributed by atoms with Gasteiger partial charge in [-0.25, -0.2) is 0 Å². The van der Waals surface area contributed by atoms with E-state index in [4.69, 9.17) is 0 Å². The predicted molar refractivity (Wildman–Crippen MR) is 72.8 cm³/mol. The Hall–Kier alpha value is -1.32. The summed E-state index contributed by atoms with van der Waals surface area (Å²) in [7, 11) is 0. The van der Waals surface area contributed by atoms with Crippen LogP contribution in [0, 0.1) is 0 Å². The summed E-state index contributed by atoms with van der Waals surface area (Å²) in [4.78, 5) is 0. The molecule has 0 aliphatic heterocycles. The molecule has 0 heterocycles. The molecule has 2 nitrogen and oxygen atoms in total. The van der Waals surface area contributed by atoms with Crippen LogP contribution in [0.3, 0.4) is 0 Å².